The van der Waals surface area contributed by atoms with E-state index in [4.69, 9.17) is 11.6 Å². The highest BCUT2D eigenvalue weighted by Gasteiger charge is 2.23. The van der Waals surface area contributed by atoms with Gasteiger partial charge in [-0.2, -0.15) is 0 Å². The zero-order valence-electron chi connectivity index (χ0n) is 9.54. The monoisotopic (exact) mass is 239 g/mol. The lowest BCUT2D eigenvalue weighted by molar-refractivity contribution is 0.227. The Bertz CT molecular complexity index is 363. The molecule has 0 saturated carbocycles. The molecule has 0 aliphatic heterocycles. The summed E-state index contributed by atoms with van der Waals surface area (Å²) in [6, 6.07) is 6.68. The predicted octanol–water partition coefficient (Wildman–Crippen LogP) is 2.69. The zero-order chi connectivity index (χ0) is 11.5. The molecule has 0 saturated heterocycles. The molecule has 3 heteroatoms. The standard InChI is InChI=1S/C13H18ClNO/c1-2-11(8-16)15-13-6-3-9-7-10(14)4-5-12(9)13/h4-5,7,11,13,15-16H,2-3,6,8H2,1H3. The largest absolute Gasteiger partial charge is 0.395 e. The minimum Gasteiger partial charge on any atom is -0.395 e. The van der Waals surface area contributed by atoms with Crippen molar-refractivity contribution in [2.45, 2.75) is 38.3 Å². The van der Waals surface area contributed by atoms with E-state index in [1.807, 2.05) is 6.07 Å². The first kappa shape index (κ1) is 11.9. The normalized spacial score (nSPS) is 20.8. The second-order valence-electron chi connectivity index (χ2n) is 4.39. The van der Waals surface area contributed by atoms with E-state index >= 15 is 0 Å². The van der Waals surface area contributed by atoms with Crippen molar-refractivity contribution in [2.75, 3.05) is 6.61 Å². The number of rotatable bonds is 4. The second-order valence-corrected chi connectivity index (χ2v) is 4.83. The minimum absolute atomic E-state index is 0.201. The second kappa shape index (κ2) is 5.17. The van der Waals surface area contributed by atoms with Gasteiger partial charge >= 0.3 is 0 Å². The van der Waals surface area contributed by atoms with E-state index in [0.29, 0.717) is 6.04 Å². The summed E-state index contributed by atoms with van der Waals surface area (Å²) in [6.45, 7) is 2.29. The first-order valence-corrected chi connectivity index (χ1v) is 6.27. The molecule has 2 rings (SSSR count). The van der Waals surface area contributed by atoms with Crippen LogP contribution in [0.25, 0.3) is 0 Å². The van der Waals surface area contributed by atoms with E-state index in [1.165, 1.54) is 11.1 Å². The van der Waals surface area contributed by atoms with Gasteiger partial charge < -0.3 is 10.4 Å². The summed E-state index contributed by atoms with van der Waals surface area (Å²) in [7, 11) is 0. The molecule has 16 heavy (non-hydrogen) atoms. The molecule has 0 amide bonds. The Balaban J connectivity index is 2.11. The van der Waals surface area contributed by atoms with Crippen molar-refractivity contribution in [1.82, 2.24) is 5.32 Å². The molecule has 2 N–H and O–H groups in total. The number of hydrogen-bond donors (Lipinski definition) is 2. The van der Waals surface area contributed by atoms with E-state index < -0.39 is 0 Å². The molecule has 0 fully saturated rings. The van der Waals surface area contributed by atoms with Crippen LogP contribution in [0.5, 0.6) is 0 Å². The average molecular weight is 240 g/mol. The molecule has 88 valence electrons. The SMILES string of the molecule is CCC(CO)NC1CCc2cc(Cl)ccc21. The number of halogens is 1. The number of hydrogen-bond acceptors (Lipinski definition) is 2. The number of benzene rings is 1. The summed E-state index contributed by atoms with van der Waals surface area (Å²) >= 11 is 5.97. The number of aliphatic hydroxyl groups is 1. The van der Waals surface area contributed by atoms with Crippen LogP contribution in [0.2, 0.25) is 5.02 Å². The van der Waals surface area contributed by atoms with Crippen molar-refractivity contribution >= 4 is 11.6 Å². The van der Waals surface area contributed by atoms with Gasteiger partial charge in [0.05, 0.1) is 6.61 Å². The van der Waals surface area contributed by atoms with Crippen LogP contribution >= 0.6 is 11.6 Å². The van der Waals surface area contributed by atoms with Crippen molar-refractivity contribution < 1.29 is 5.11 Å². The molecular formula is C13H18ClNO. The first-order chi connectivity index (χ1) is 7.74. The molecule has 1 aliphatic carbocycles. The van der Waals surface area contributed by atoms with E-state index in [-0.39, 0.29) is 12.6 Å². The van der Waals surface area contributed by atoms with Crippen LogP contribution in [0.15, 0.2) is 18.2 Å². The highest BCUT2D eigenvalue weighted by atomic mass is 35.5. The van der Waals surface area contributed by atoms with Crippen molar-refractivity contribution in [1.29, 1.82) is 0 Å². The maximum Gasteiger partial charge on any atom is 0.0584 e. The lowest BCUT2D eigenvalue weighted by Gasteiger charge is -2.20. The molecular weight excluding hydrogens is 222 g/mol. The molecule has 1 aliphatic rings. The van der Waals surface area contributed by atoms with E-state index in [0.717, 1.165) is 24.3 Å². The third kappa shape index (κ3) is 2.40. The molecule has 0 bridgehead atoms. The third-order valence-electron chi connectivity index (χ3n) is 3.33. The molecule has 2 nitrogen and oxygen atoms in total. The quantitative estimate of drug-likeness (QED) is 0.847. The third-order valence-corrected chi connectivity index (χ3v) is 3.57. The summed E-state index contributed by atoms with van der Waals surface area (Å²) in [6.07, 6.45) is 3.14. The Kier molecular flexibility index (Phi) is 3.85. The average Bonchev–Trinajstić information content (AvgIpc) is 2.68. The van der Waals surface area contributed by atoms with Gasteiger partial charge in [0.15, 0.2) is 0 Å². The number of nitrogens with one attached hydrogen (secondary N) is 1. The maximum atomic E-state index is 9.19. The van der Waals surface area contributed by atoms with Gasteiger partial charge in [0.2, 0.25) is 0 Å². The smallest absolute Gasteiger partial charge is 0.0584 e. The van der Waals surface area contributed by atoms with Crippen molar-refractivity contribution in [3.05, 3.63) is 34.3 Å². The molecule has 1 aromatic rings. The molecule has 2 unspecified atom stereocenters. The van der Waals surface area contributed by atoms with Gasteiger partial charge in [0.1, 0.15) is 0 Å². The summed E-state index contributed by atoms with van der Waals surface area (Å²) in [5.41, 5.74) is 2.69. The maximum absolute atomic E-state index is 9.19. The van der Waals surface area contributed by atoms with Crippen molar-refractivity contribution in [3.63, 3.8) is 0 Å². The topological polar surface area (TPSA) is 32.3 Å². The van der Waals surface area contributed by atoms with Crippen molar-refractivity contribution in [3.8, 4) is 0 Å². The molecule has 0 spiro atoms. The Morgan fingerprint density at radius 3 is 3.06 bits per heavy atom. The number of aryl methyl sites for hydroxylation is 1. The van der Waals surface area contributed by atoms with E-state index in [1.54, 1.807) is 0 Å². The van der Waals surface area contributed by atoms with Gasteiger partial charge in [0.25, 0.3) is 0 Å². The van der Waals surface area contributed by atoms with Gasteiger partial charge in [-0.1, -0.05) is 24.6 Å². The lowest BCUT2D eigenvalue weighted by Crippen LogP contribution is -2.34. The van der Waals surface area contributed by atoms with Gasteiger partial charge in [-0.05, 0) is 42.5 Å². The van der Waals surface area contributed by atoms with Crippen LogP contribution < -0.4 is 5.32 Å². The van der Waals surface area contributed by atoms with Crippen LogP contribution in [0.3, 0.4) is 0 Å². The molecule has 0 aromatic heterocycles. The van der Waals surface area contributed by atoms with Gasteiger partial charge in [-0.25, -0.2) is 0 Å². The fraction of sp³-hybridized carbons (Fsp3) is 0.538. The molecule has 0 radical (unpaired) electrons. The summed E-state index contributed by atoms with van der Waals surface area (Å²) < 4.78 is 0. The minimum atomic E-state index is 0.201. The van der Waals surface area contributed by atoms with E-state index in [2.05, 4.69) is 24.4 Å². The summed E-state index contributed by atoms with van der Waals surface area (Å²) in [4.78, 5) is 0. The van der Waals surface area contributed by atoms with Crippen molar-refractivity contribution in [2.24, 2.45) is 0 Å². The fourth-order valence-corrected chi connectivity index (χ4v) is 2.54. The Morgan fingerprint density at radius 2 is 2.38 bits per heavy atom. The van der Waals surface area contributed by atoms with E-state index in [9.17, 15) is 5.11 Å². The fourth-order valence-electron chi connectivity index (χ4n) is 2.34. The van der Waals surface area contributed by atoms with Crippen LogP contribution in [0.1, 0.15) is 36.9 Å². The first-order valence-electron chi connectivity index (χ1n) is 5.89. The predicted molar refractivity (Wildman–Crippen MR) is 66.8 cm³/mol. The Hall–Kier alpha value is -0.570. The highest BCUT2D eigenvalue weighted by Crippen LogP contribution is 2.33. The van der Waals surface area contributed by atoms with Crippen LogP contribution in [0.4, 0.5) is 0 Å². The van der Waals surface area contributed by atoms with Gasteiger partial charge in [0, 0.05) is 17.1 Å². The Labute approximate surface area is 102 Å². The zero-order valence-corrected chi connectivity index (χ0v) is 10.3. The molecule has 0 heterocycles. The number of fused-ring (bicyclic) bond motifs is 1. The molecule has 2 atom stereocenters. The number of aliphatic hydroxyl groups excluding tert-OH is 1. The molecule has 1 aromatic carbocycles. The van der Waals surface area contributed by atoms with Crippen LogP contribution in [-0.4, -0.2) is 17.8 Å². The Morgan fingerprint density at radius 1 is 1.56 bits per heavy atom. The highest BCUT2D eigenvalue weighted by molar-refractivity contribution is 6.30. The summed E-state index contributed by atoms with van der Waals surface area (Å²) in [5, 5.41) is 13.5. The summed E-state index contributed by atoms with van der Waals surface area (Å²) in [5.74, 6) is 0. The van der Waals surface area contributed by atoms with Gasteiger partial charge in [-0.3, -0.25) is 0 Å². The van der Waals surface area contributed by atoms with Crippen LogP contribution in [0, 0.1) is 0 Å². The van der Waals surface area contributed by atoms with Gasteiger partial charge in [-0.15, -0.1) is 0 Å². The lowest BCUT2D eigenvalue weighted by atomic mass is 10.1. The van der Waals surface area contributed by atoms with Crippen LogP contribution in [-0.2, 0) is 6.42 Å².